The van der Waals surface area contributed by atoms with Crippen LogP contribution >= 0.6 is 0 Å². The molecule has 8 heteroatoms. The van der Waals surface area contributed by atoms with E-state index in [-0.39, 0.29) is 18.4 Å². The van der Waals surface area contributed by atoms with E-state index in [1.807, 2.05) is 4.68 Å². The van der Waals surface area contributed by atoms with Crippen LogP contribution in [-0.2, 0) is 13.1 Å². The number of nitrogens with zero attached hydrogens (tertiary/aromatic N) is 4. The highest BCUT2D eigenvalue weighted by molar-refractivity contribution is 5.26. The van der Waals surface area contributed by atoms with Crippen molar-refractivity contribution >= 4 is 0 Å². The van der Waals surface area contributed by atoms with Crippen LogP contribution in [0.3, 0.4) is 0 Å². The molecule has 2 heterocycles. The Bertz CT molecular complexity index is 713. The van der Waals surface area contributed by atoms with Crippen LogP contribution in [0.1, 0.15) is 31.5 Å². The van der Waals surface area contributed by atoms with Crippen LogP contribution in [0.25, 0.3) is 0 Å². The third-order valence-electron chi connectivity index (χ3n) is 5.88. The summed E-state index contributed by atoms with van der Waals surface area (Å²) >= 11 is 0. The van der Waals surface area contributed by atoms with Gasteiger partial charge in [0.15, 0.2) is 5.83 Å². The van der Waals surface area contributed by atoms with Gasteiger partial charge in [0.25, 0.3) is 0 Å². The van der Waals surface area contributed by atoms with Gasteiger partial charge in [-0.05, 0) is 25.2 Å². The van der Waals surface area contributed by atoms with Gasteiger partial charge < -0.3 is 5.73 Å². The first-order valence-corrected chi connectivity index (χ1v) is 8.80. The van der Waals surface area contributed by atoms with Crippen molar-refractivity contribution in [3.05, 3.63) is 35.7 Å². The van der Waals surface area contributed by atoms with Gasteiger partial charge in [-0.15, -0.1) is 0 Å². The van der Waals surface area contributed by atoms with Crippen molar-refractivity contribution in [3.63, 3.8) is 0 Å². The van der Waals surface area contributed by atoms with Crippen molar-refractivity contribution in [2.75, 3.05) is 6.54 Å². The predicted octanol–water partition coefficient (Wildman–Crippen LogP) is 2.61. The Hall–Kier alpha value is -1.67. The van der Waals surface area contributed by atoms with E-state index in [0.29, 0.717) is 12.1 Å². The average molecular weight is 353 g/mol. The molecule has 4 atom stereocenters. The fourth-order valence-corrected chi connectivity index (χ4v) is 4.48. The predicted molar refractivity (Wildman–Crippen MR) is 86.1 cm³/mol. The van der Waals surface area contributed by atoms with E-state index in [4.69, 9.17) is 5.73 Å². The zero-order valence-electron chi connectivity index (χ0n) is 13.9. The minimum absolute atomic E-state index is 0.153. The first kappa shape index (κ1) is 16.8. The van der Waals surface area contributed by atoms with Crippen molar-refractivity contribution in [1.82, 2.24) is 19.7 Å². The molecule has 0 spiro atoms. The lowest BCUT2D eigenvalue weighted by molar-refractivity contribution is 0.0779. The van der Waals surface area contributed by atoms with E-state index in [1.54, 1.807) is 6.33 Å². The Kier molecular flexibility index (Phi) is 4.41. The standard InChI is InChI=1S/C17H22F3N5/c18-13-7-15(20)14(19)6-12(13)11-2-1-10(5-16(11)21)24-3-4-25-17(8-24)22-9-23-25/h7,9-12,16H,1-6,8,21H2/t10-,11?,12+,16-/m0/s1. The highest BCUT2D eigenvalue weighted by Gasteiger charge is 2.40. The number of hydrogen-bond acceptors (Lipinski definition) is 4. The largest absolute Gasteiger partial charge is 0.327 e. The molecule has 1 unspecified atom stereocenters. The molecule has 1 aliphatic heterocycles. The lowest BCUT2D eigenvalue weighted by Gasteiger charge is -2.43. The maximum Gasteiger partial charge on any atom is 0.157 e. The van der Waals surface area contributed by atoms with E-state index in [9.17, 15) is 13.2 Å². The normalized spacial score (nSPS) is 34.0. The summed E-state index contributed by atoms with van der Waals surface area (Å²) in [6, 6.07) is 0.0844. The molecule has 1 saturated carbocycles. The topological polar surface area (TPSA) is 60.0 Å². The monoisotopic (exact) mass is 353 g/mol. The van der Waals surface area contributed by atoms with Gasteiger partial charge in [0.1, 0.15) is 23.8 Å². The van der Waals surface area contributed by atoms with Gasteiger partial charge in [-0.3, -0.25) is 4.90 Å². The number of nitrogens with two attached hydrogens (primary N) is 1. The Balaban J connectivity index is 1.41. The average Bonchev–Trinajstić information content (AvgIpc) is 3.06. The lowest BCUT2D eigenvalue weighted by atomic mass is 9.72. The van der Waals surface area contributed by atoms with Gasteiger partial charge in [0.05, 0.1) is 13.1 Å². The van der Waals surface area contributed by atoms with Gasteiger partial charge in [-0.25, -0.2) is 22.8 Å². The molecule has 0 saturated heterocycles. The Morgan fingerprint density at radius 1 is 1.16 bits per heavy atom. The second kappa shape index (κ2) is 6.57. The van der Waals surface area contributed by atoms with Gasteiger partial charge >= 0.3 is 0 Å². The molecule has 136 valence electrons. The fourth-order valence-electron chi connectivity index (χ4n) is 4.48. The highest BCUT2D eigenvalue weighted by atomic mass is 19.2. The maximum absolute atomic E-state index is 14.1. The molecular formula is C17H22F3N5. The van der Waals surface area contributed by atoms with Gasteiger partial charge in [-0.2, -0.15) is 5.10 Å². The maximum atomic E-state index is 14.1. The van der Waals surface area contributed by atoms with Gasteiger partial charge in [0.2, 0.25) is 0 Å². The fraction of sp³-hybridized carbons (Fsp3) is 0.647. The van der Waals surface area contributed by atoms with Gasteiger partial charge in [0, 0.05) is 37.0 Å². The van der Waals surface area contributed by atoms with E-state index in [2.05, 4.69) is 15.0 Å². The van der Waals surface area contributed by atoms with Crippen molar-refractivity contribution < 1.29 is 13.2 Å². The lowest BCUT2D eigenvalue weighted by Crippen LogP contribution is -2.50. The molecule has 1 fully saturated rings. The van der Waals surface area contributed by atoms with Crippen LogP contribution in [0.2, 0.25) is 0 Å². The van der Waals surface area contributed by atoms with Gasteiger partial charge in [-0.1, -0.05) is 0 Å². The van der Waals surface area contributed by atoms with E-state index in [1.165, 1.54) is 0 Å². The van der Waals surface area contributed by atoms with Crippen LogP contribution in [0.15, 0.2) is 29.9 Å². The Morgan fingerprint density at radius 3 is 2.80 bits per heavy atom. The molecule has 2 N–H and O–H groups in total. The first-order valence-electron chi connectivity index (χ1n) is 8.80. The van der Waals surface area contributed by atoms with Crippen LogP contribution in [0.4, 0.5) is 13.2 Å². The summed E-state index contributed by atoms with van der Waals surface area (Å²) in [4.78, 5) is 6.63. The smallest absolute Gasteiger partial charge is 0.157 e. The minimum atomic E-state index is -1.09. The van der Waals surface area contributed by atoms with Crippen molar-refractivity contribution in [2.45, 2.75) is 50.9 Å². The molecule has 5 nitrogen and oxygen atoms in total. The Morgan fingerprint density at radius 2 is 2.00 bits per heavy atom. The van der Waals surface area contributed by atoms with E-state index >= 15 is 0 Å². The number of aromatic nitrogens is 3. The summed E-state index contributed by atoms with van der Waals surface area (Å²) in [6.07, 6.45) is 4.36. The first-order chi connectivity index (χ1) is 12.0. The highest BCUT2D eigenvalue weighted by Crippen LogP contribution is 2.42. The number of fused-ring (bicyclic) bond motifs is 1. The van der Waals surface area contributed by atoms with Crippen LogP contribution < -0.4 is 5.73 Å². The van der Waals surface area contributed by atoms with Crippen LogP contribution in [-0.4, -0.2) is 38.3 Å². The number of halogens is 3. The second-order valence-corrected chi connectivity index (χ2v) is 7.26. The van der Waals surface area contributed by atoms with Crippen molar-refractivity contribution in [3.8, 4) is 0 Å². The molecule has 4 rings (SSSR count). The van der Waals surface area contributed by atoms with E-state index < -0.39 is 23.4 Å². The zero-order valence-corrected chi connectivity index (χ0v) is 13.9. The molecule has 0 amide bonds. The molecule has 1 aromatic heterocycles. The summed E-state index contributed by atoms with van der Waals surface area (Å²) in [5.74, 6) is -2.38. The zero-order chi connectivity index (χ0) is 17.6. The molecule has 0 aromatic carbocycles. The molecule has 3 aliphatic rings. The SMILES string of the molecule is N[C@H]1C[C@@H](N2CCn3ncnc3C2)CCC1[C@H]1CC(F)=C(F)C=C1F. The molecule has 25 heavy (non-hydrogen) atoms. The molecule has 2 aliphatic carbocycles. The Labute approximate surface area is 144 Å². The summed E-state index contributed by atoms with van der Waals surface area (Å²) in [7, 11) is 0. The quantitative estimate of drug-likeness (QED) is 0.888. The molecule has 0 bridgehead atoms. The van der Waals surface area contributed by atoms with Crippen molar-refractivity contribution in [1.29, 1.82) is 0 Å². The summed E-state index contributed by atoms with van der Waals surface area (Å²) in [5.41, 5.74) is 6.34. The summed E-state index contributed by atoms with van der Waals surface area (Å²) in [5, 5.41) is 4.18. The molecule has 1 aromatic rings. The third kappa shape index (κ3) is 3.13. The number of hydrogen-bond donors (Lipinski definition) is 1. The second-order valence-electron chi connectivity index (χ2n) is 7.26. The number of rotatable bonds is 2. The van der Waals surface area contributed by atoms with Crippen LogP contribution in [0.5, 0.6) is 0 Å². The number of allylic oxidation sites excluding steroid dienone is 4. The molecular weight excluding hydrogens is 331 g/mol. The third-order valence-corrected chi connectivity index (χ3v) is 5.88. The van der Waals surface area contributed by atoms with E-state index in [0.717, 1.165) is 44.7 Å². The minimum Gasteiger partial charge on any atom is -0.327 e. The van der Waals surface area contributed by atoms with Crippen LogP contribution in [0, 0.1) is 11.8 Å². The van der Waals surface area contributed by atoms with Crippen molar-refractivity contribution in [2.24, 2.45) is 17.6 Å². The summed E-state index contributed by atoms with van der Waals surface area (Å²) < 4.78 is 42.8. The summed E-state index contributed by atoms with van der Waals surface area (Å²) in [6.45, 7) is 2.43. The molecule has 0 radical (unpaired) electrons.